The van der Waals surface area contributed by atoms with Gasteiger partial charge in [0, 0.05) is 11.8 Å². The maximum absolute atomic E-state index is 2.35. The van der Waals surface area contributed by atoms with E-state index in [1.165, 1.54) is 44.9 Å². The number of hydrogen-bond acceptors (Lipinski definition) is 0. The third-order valence-electron chi connectivity index (χ3n) is 5.69. The van der Waals surface area contributed by atoms with Crippen LogP contribution in [-0.4, -0.2) is 0 Å². The van der Waals surface area contributed by atoms with Gasteiger partial charge in [-0.1, -0.05) is 74.5 Å². The van der Waals surface area contributed by atoms with E-state index in [-0.39, 0.29) is 5.41 Å². The molecule has 0 atom stereocenters. The van der Waals surface area contributed by atoms with Crippen molar-refractivity contribution < 1.29 is 0 Å². The van der Waals surface area contributed by atoms with Crippen LogP contribution in [0.5, 0.6) is 0 Å². The number of rotatable bonds is 2. The summed E-state index contributed by atoms with van der Waals surface area (Å²) in [6.07, 6.45) is 9.13. The van der Waals surface area contributed by atoms with E-state index in [2.05, 4.69) is 100 Å². The lowest BCUT2D eigenvalue weighted by molar-refractivity contribution is 0.460. The molecule has 2 aliphatic carbocycles. The Hall–Kier alpha value is -2.08. The van der Waals surface area contributed by atoms with Crippen molar-refractivity contribution in [2.24, 2.45) is 5.41 Å². The van der Waals surface area contributed by atoms with E-state index in [0.717, 1.165) is 0 Å². The predicted molar refractivity (Wildman–Crippen MR) is 104 cm³/mol. The maximum Gasteiger partial charge on any atom is 0.0165 e. The zero-order chi connectivity index (χ0) is 17.0. The van der Waals surface area contributed by atoms with Gasteiger partial charge in [0.05, 0.1) is 0 Å². The molecule has 120 valence electrons. The van der Waals surface area contributed by atoms with E-state index in [9.17, 15) is 0 Å². The van der Waals surface area contributed by atoms with E-state index in [4.69, 9.17) is 0 Å². The summed E-state index contributed by atoms with van der Waals surface area (Å²) < 4.78 is 0. The molecule has 0 saturated heterocycles. The van der Waals surface area contributed by atoms with Gasteiger partial charge in [-0.2, -0.15) is 0 Å². The van der Waals surface area contributed by atoms with E-state index in [0.29, 0.717) is 0 Å². The standard InChI is InChI=1S/C25H20/c1-25(2,22-15-13-17-7-3-5-9-20(17)22)23-16-14-19-12-11-18-8-4-6-10-21(18)24(19)23/h3-16H,1-2H3. The fourth-order valence-corrected chi connectivity index (χ4v) is 4.35. The van der Waals surface area contributed by atoms with Crippen LogP contribution in [0.2, 0.25) is 0 Å². The Morgan fingerprint density at radius 3 is 2.24 bits per heavy atom. The fourth-order valence-electron chi connectivity index (χ4n) is 4.35. The molecule has 0 heteroatoms. The molecule has 0 fully saturated rings. The third-order valence-corrected chi connectivity index (χ3v) is 5.69. The van der Waals surface area contributed by atoms with Gasteiger partial charge in [0.1, 0.15) is 0 Å². The molecule has 0 heterocycles. The van der Waals surface area contributed by atoms with E-state index in [1.807, 2.05) is 0 Å². The van der Waals surface area contributed by atoms with Crippen LogP contribution in [0.4, 0.5) is 0 Å². The van der Waals surface area contributed by atoms with Crippen molar-refractivity contribution in [3.05, 3.63) is 120 Å². The second-order valence-corrected chi connectivity index (χ2v) is 7.46. The molecule has 2 aliphatic rings. The Kier molecular flexibility index (Phi) is 3.32. The van der Waals surface area contributed by atoms with Gasteiger partial charge in [0.25, 0.3) is 0 Å². The van der Waals surface area contributed by atoms with Crippen molar-refractivity contribution in [1.29, 1.82) is 0 Å². The van der Waals surface area contributed by atoms with E-state index >= 15 is 0 Å². The maximum atomic E-state index is 2.35. The molecule has 0 spiro atoms. The summed E-state index contributed by atoms with van der Waals surface area (Å²) in [6, 6.07) is 21.9. The summed E-state index contributed by atoms with van der Waals surface area (Å²) in [5, 5.41) is 2.66. The molecule has 3 aromatic rings. The van der Waals surface area contributed by atoms with Crippen LogP contribution in [0.3, 0.4) is 0 Å². The van der Waals surface area contributed by atoms with Crippen LogP contribution in [0.15, 0.2) is 60.7 Å². The number of hydrogen-bond donors (Lipinski definition) is 0. The minimum atomic E-state index is -0.0466. The summed E-state index contributed by atoms with van der Waals surface area (Å²) in [6.45, 7) is 4.70. The average molecular weight is 320 g/mol. The van der Waals surface area contributed by atoms with Crippen molar-refractivity contribution >= 4 is 10.8 Å². The number of benzene rings is 3. The molecular formula is C25H20. The Labute approximate surface area is 150 Å². The third kappa shape index (κ3) is 2.20. The molecule has 6 radical (unpaired) electrons. The molecule has 0 bridgehead atoms. The van der Waals surface area contributed by atoms with Crippen molar-refractivity contribution in [3.63, 3.8) is 0 Å². The highest BCUT2D eigenvalue weighted by Gasteiger charge is 2.45. The van der Waals surface area contributed by atoms with Gasteiger partial charge in [-0.15, -0.1) is 0 Å². The van der Waals surface area contributed by atoms with Crippen molar-refractivity contribution in [1.82, 2.24) is 0 Å². The van der Waals surface area contributed by atoms with Crippen LogP contribution in [0, 0.1) is 42.9 Å². The summed E-state index contributed by atoms with van der Waals surface area (Å²) >= 11 is 0. The molecule has 5 rings (SSSR count). The van der Waals surface area contributed by atoms with Gasteiger partial charge in [-0.3, -0.25) is 0 Å². The molecule has 0 nitrogen and oxygen atoms in total. The Balaban J connectivity index is 1.63. The summed E-state index contributed by atoms with van der Waals surface area (Å²) in [5.41, 5.74) is 5.37. The first kappa shape index (κ1) is 15.2. The molecule has 0 amide bonds. The topological polar surface area (TPSA) is 0 Å². The molecule has 0 aliphatic heterocycles. The summed E-state index contributed by atoms with van der Waals surface area (Å²) in [7, 11) is 0. The first-order valence-electron chi connectivity index (χ1n) is 8.89. The minimum Gasteiger partial charge on any atom is -0.0620 e. The monoisotopic (exact) mass is 320 g/mol. The van der Waals surface area contributed by atoms with Crippen molar-refractivity contribution in [2.45, 2.75) is 13.8 Å². The molecule has 0 saturated carbocycles. The van der Waals surface area contributed by atoms with Gasteiger partial charge >= 0.3 is 0 Å². The van der Waals surface area contributed by atoms with E-state index in [1.54, 1.807) is 0 Å². The molecule has 3 aromatic carbocycles. The molecule has 25 heavy (non-hydrogen) atoms. The zero-order valence-electron chi connectivity index (χ0n) is 14.6. The molecule has 0 aromatic heterocycles. The molecule has 0 N–H and O–H groups in total. The van der Waals surface area contributed by atoms with Gasteiger partial charge in [-0.25, -0.2) is 0 Å². The highest BCUT2D eigenvalue weighted by Crippen LogP contribution is 2.55. The van der Waals surface area contributed by atoms with Crippen molar-refractivity contribution in [3.8, 4) is 0 Å². The molecular weight excluding hydrogens is 300 g/mol. The lowest BCUT2D eigenvalue weighted by atomic mass is 9.65. The average Bonchev–Trinajstić information content (AvgIpc) is 3.26. The van der Waals surface area contributed by atoms with Crippen molar-refractivity contribution in [2.75, 3.05) is 0 Å². The predicted octanol–water partition coefficient (Wildman–Crippen LogP) is 5.95. The van der Waals surface area contributed by atoms with Crippen LogP contribution in [-0.2, 0) is 0 Å². The second-order valence-electron chi connectivity index (χ2n) is 7.46. The summed E-state index contributed by atoms with van der Waals surface area (Å²) in [4.78, 5) is 0. The second kappa shape index (κ2) is 5.46. The van der Waals surface area contributed by atoms with Crippen LogP contribution in [0.1, 0.15) is 36.1 Å². The normalized spacial score (nSPS) is 17.8. The SMILES string of the molecule is CC(C)([C]1[CH][CH]c2ccccc21)[C]1[CH][CH]c2ccc3ccccc3c21. The minimum absolute atomic E-state index is 0.0466. The van der Waals surface area contributed by atoms with Crippen LogP contribution < -0.4 is 0 Å². The zero-order valence-corrected chi connectivity index (χ0v) is 14.6. The summed E-state index contributed by atoms with van der Waals surface area (Å²) in [5.74, 6) is 2.82. The lowest BCUT2D eigenvalue weighted by Crippen LogP contribution is -2.29. The first-order valence-corrected chi connectivity index (χ1v) is 8.89. The Morgan fingerprint density at radius 1 is 0.600 bits per heavy atom. The van der Waals surface area contributed by atoms with Gasteiger partial charge < -0.3 is 0 Å². The largest absolute Gasteiger partial charge is 0.0620 e. The number of fused-ring (bicyclic) bond motifs is 4. The highest BCUT2D eigenvalue weighted by atomic mass is 14.5. The van der Waals surface area contributed by atoms with Gasteiger partial charge in [-0.05, 0) is 64.1 Å². The fraction of sp³-hybridized carbons (Fsp3) is 0.120. The van der Waals surface area contributed by atoms with Gasteiger partial charge in [0.15, 0.2) is 0 Å². The molecule has 0 unspecified atom stereocenters. The Bertz CT molecular complexity index is 947. The lowest BCUT2D eigenvalue weighted by Gasteiger charge is -2.38. The van der Waals surface area contributed by atoms with Crippen LogP contribution >= 0.6 is 0 Å². The smallest absolute Gasteiger partial charge is 0.0165 e. The van der Waals surface area contributed by atoms with E-state index < -0.39 is 0 Å². The first-order chi connectivity index (χ1) is 12.2. The highest BCUT2D eigenvalue weighted by molar-refractivity contribution is 5.91. The van der Waals surface area contributed by atoms with Crippen LogP contribution in [0.25, 0.3) is 10.8 Å². The Morgan fingerprint density at radius 2 is 1.32 bits per heavy atom. The van der Waals surface area contributed by atoms with Gasteiger partial charge in [0.2, 0.25) is 0 Å². The quantitative estimate of drug-likeness (QED) is 0.547.